The van der Waals surface area contributed by atoms with Crippen molar-refractivity contribution in [2.75, 3.05) is 26.3 Å². The standard InChI is InChI=1S/C17H21N3O3.ClH/c21-16(12-9-13-14(10-18-12)23-8-7-22-13)19-15-11-1-5-20(6-2-11)17(15)3-4-17;/h9-11,15H,1-8H2,(H,19,21);1H/t15-;/m1./s1. The molecule has 4 fully saturated rings. The van der Waals surface area contributed by atoms with Crippen LogP contribution >= 0.6 is 12.4 Å². The van der Waals surface area contributed by atoms with Gasteiger partial charge < -0.3 is 14.8 Å². The van der Waals surface area contributed by atoms with Crippen molar-refractivity contribution in [1.82, 2.24) is 15.2 Å². The van der Waals surface area contributed by atoms with Crippen molar-refractivity contribution in [3.05, 3.63) is 18.0 Å². The lowest BCUT2D eigenvalue weighted by atomic mass is 9.77. The van der Waals surface area contributed by atoms with Crippen LogP contribution in [-0.2, 0) is 0 Å². The molecular weight excluding hydrogens is 330 g/mol. The Hall–Kier alpha value is -1.53. The molecular formula is C17H22ClN3O3. The molecule has 5 aliphatic rings. The third-order valence-electron chi connectivity index (χ3n) is 5.93. The minimum Gasteiger partial charge on any atom is -0.486 e. The lowest BCUT2D eigenvalue weighted by molar-refractivity contribution is -0.00154. The highest BCUT2D eigenvalue weighted by atomic mass is 35.5. The van der Waals surface area contributed by atoms with E-state index in [1.54, 1.807) is 12.3 Å². The SMILES string of the molecule is Cl.O=C(N[C@@H]1C2CCN(CC2)C12CC2)c1cc2c(cn1)OCCO2. The van der Waals surface area contributed by atoms with Crippen molar-refractivity contribution in [1.29, 1.82) is 0 Å². The second-order valence-electron chi connectivity index (χ2n) is 7.09. The third-order valence-corrected chi connectivity index (χ3v) is 5.93. The second-order valence-corrected chi connectivity index (χ2v) is 7.09. The lowest BCUT2D eigenvalue weighted by Gasteiger charge is -2.52. The molecule has 0 radical (unpaired) electrons. The van der Waals surface area contributed by atoms with Crippen molar-refractivity contribution < 1.29 is 14.3 Å². The minimum atomic E-state index is -0.0907. The smallest absolute Gasteiger partial charge is 0.270 e. The van der Waals surface area contributed by atoms with Gasteiger partial charge in [-0.25, -0.2) is 4.98 Å². The molecule has 6 nitrogen and oxygen atoms in total. The predicted molar refractivity (Wildman–Crippen MR) is 90.0 cm³/mol. The summed E-state index contributed by atoms with van der Waals surface area (Å²) >= 11 is 0. The van der Waals surface area contributed by atoms with E-state index in [1.807, 2.05) is 0 Å². The highest BCUT2D eigenvalue weighted by Gasteiger charge is 2.60. The molecule has 0 aromatic carbocycles. The Bertz CT molecular complexity index is 656. The number of aromatic nitrogens is 1. The van der Waals surface area contributed by atoms with Crippen LogP contribution in [0.15, 0.2) is 12.3 Å². The van der Waals surface area contributed by atoms with Gasteiger partial charge in [0.1, 0.15) is 18.9 Å². The van der Waals surface area contributed by atoms with E-state index >= 15 is 0 Å². The second kappa shape index (κ2) is 5.77. The molecule has 5 heterocycles. The van der Waals surface area contributed by atoms with Gasteiger partial charge in [-0.2, -0.15) is 0 Å². The van der Waals surface area contributed by atoms with Gasteiger partial charge >= 0.3 is 0 Å². The average Bonchev–Trinajstić information content (AvgIpc) is 3.39. The number of piperidine rings is 3. The molecule has 1 aromatic heterocycles. The van der Waals surface area contributed by atoms with Crippen molar-refractivity contribution >= 4 is 18.3 Å². The molecule has 1 amide bonds. The van der Waals surface area contributed by atoms with E-state index in [4.69, 9.17) is 9.47 Å². The van der Waals surface area contributed by atoms with Crippen LogP contribution in [-0.4, -0.2) is 53.7 Å². The molecule has 1 saturated carbocycles. The van der Waals surface area contributed by atoms with Gasteiger partial charge in [0.05, 0.1) is 12.2 Å². The maximum atomic E-state index is 12.7. The number of amides is 1. The minimum absolute atomic E-state index is 0. The monoisotopic (exact) mass is 351 g/mol. The van der Waals surface area contributed by atoms with E-state index < -0.39 is 0 Å². The number of hydrogen-bond donors (Lipinski definition) is 1. The van der Waals surface area contributed by atoms with E-state index in [2.05, 4.69) is 15.2 Å². The van der Waals surface area contributed by atoms with Crippen LogP contribution < -0.4 is 14.8 Å². The molecule has 1 spiro atoms. The number of ether oxygens (including phenoxy) is 2. The number of rotatable bonds is 2. The number of nitrogens with one attached hydrogen (secondary N) is 1. The summed E-state index contributed by atoms with van der Waals surface area (Å²) in [5.41, 5.74) is 0.659. The molecule has 7 heteroatoms. The zero-order valence-electron chi connectivity index (χ0n) is 13.5. The number of fused-ring (bicyclic) bond motifs is 3. The van der Waals surface area contributed by atoms with Gasteiger partial charge in [0.2, 0.25) is 0 Å². The Morgan fingerprint density at radius 2 is 1.92 bits per heavy atom. The Labute approximate surface area is 147 Å². The average molecular weight is 352 g/mol. The van der Waals surface area contributed by atoms with Crippen LogP contribution in [0.2, 0.25) is 0 Å². The van der Waals surface area contributed by atoms with Crippen LogP contribution in [0.4, 0.5) is 0 Å². The molecule has 0 unspecified atom stereocenters. The molecule has 1 N–H and O–H groups in total. The van der Waals surface area contributed by atoms with Crippen molar-refractivity contribution in [3.63, 3.8) is 0 Å². The first-order valence-electron chi connectivity index (χ1n) is 8.58. The maximum absolute atomic E-state index is 12.7. The molecule has 1 atom stereocenters. The molecule has 2 bridgehead atoms. The van der Waals surface area contributed by atoms with Crippen LogP contribution in [0.1, 0.15) is 36.2 Å². The van der Waals surface area contributed by atoms with Gasteiger partial charge in [0, 0.05) is 11.6 Å². The fourth-order valence-corrected chi connectivity index (χ4v) is 4.61. The van der Waals surface area contributed by atoms with Crippen molar-refractivity contribution in [2.45, 2.75) is 37.3 Å². The lowest BCUT2D eigenvalue weighted by Crippen LogP contribution is -2.65. The molecule has 24 heavy (non-hydrogen) atoms. The van der Waals surface area contributed by atoms with Gasteiger partial charge in [-0.3, -0.25) is 9.69 Å². The molecule has 1 aliphatic carbocycles. The van der Waals surface area contributed by atoms with Gasteiger partial charge in [-0.05, 0) is 44.7 Å². The van der Waals surface area contributed by atoms with Gasteiger partial charge in [-0.15, -0.1) is 12.4 Å². The number of carbonyl (C=O) groups is 1. The Balaban J connectivity index is 0.00000146. The zero-order chi connectivity index (χ0) is 15.4. The summed E-state index contributed by atoms with van der Waals surface area (Å²) < 4.78 is 11.0. The number of nitrogens with zero attached hydrogens (tertiary/aromatic N) is 2. The first kappa shape index (κ1) is 16.0. The first-order chi connectivity index (χ1) is 11.3. The first-order valence-corrected chi connectivity index (χ1v) is 8.58. The summed E-state index contributed by atoms with van der Waals surface area (Å²) in [6.45, 7) is 3.43. The van der Waals surface area contributed by atoms with Gasteiger partial charge in [-0.1, -0.05) is 0 Å². The largest absolute Gasteiger partial charge is 0.486 e. The number of hydrogen-bond acceptors (Lipinski definition) is 5. The summed E-state index contributed by atoms with van der Waals surface area (Å²) in [5, 5.41) is 3.29. The fourth-order valence-electron chi connectivity index (χ4n) is 4.61. The van der Waals surface area contributed by atoms with E-state index in [9.17, 15) is 4.79 Å². The van der Waals surface area contributed by atoms with Gasteiger partial charge in [0.25, 0.3) is 5.91 Å². The van der Waals surface area contributed by atoms with Crippen LogP contribution in [0.5, 0.6) is 11.5 Å². The summed E-state index contributed by atoms with van der Waals surface area (Å²) in [4.78, 5) is 19.6. The molecule has 4 aliphatic heterocycles. The van der Waals surface area contributed by atoms with Gasteiger partial charge in [0.15, 0.2) is 11.5 Å². The topological polar surface area (TPSA) is 63.7 Å². The van der Waals surface area contributed by atoms with Crippen LogP contribution in [0.3, 0.4) is 0 Å². The normalized spacial score (nSPS) is 31.2. The van der Waals surface area contributed by atoms with E-state index in [-0.39, 0.29) is 29.9 Å². The number of pyridine rings is 1. The summed E-state index contributed by atoms with van der Waals surface area (Å²) in [7, 11) is 0. The Morgan fingerprint density at radius 1 is 1.21 bits per heavy atom. The Kier molecular flexibility index (Phi) is 3.84. The van der Waals surface area contributed by atoms with Crippen molar-refractivity contribution in [3.8, 4) is 11.5 Å². The van der Waals surface area contributed by atoms with E-state index in [0.717, 1.165) is 0 Å². The summed E-state index contributed by atoms with van der Waals surface area (Å²) in [5.74, 6) is 1.76. The number of carbonyl (C=O) groups excluding carboxylic acids is 1. The maximum Gasteiger partial charge on any atom is 0.270 e. The number of halogens is 1. The highest BCUT2D eigenvalue weighted by molar-refractivity contribution is 5.93. The van der Waals surface area contributed by atoms with E-state index in [1.165, 1.54) is 38.8 Å². The van der Waals surface area contributed by atoms with Crippen molar-refractivity contribution in [2.24, 2.45) is 5.92 Å². The molecule has 3 saturated heterocycles. The summed E-state index contributed by atoms with van der Waals surface area (Å²) in [6, 6.07) is 1.97. The highest BCUT2D eigenvalue weighted by Crippen LogP contribution is 2.53. The zero-order valence-corrected chi connectivity index (χ0v) is 14.3. The third kappa shape index (κ3) is 2.35. The Morgan fingerprint density at radius 3 is 2.62 bits per heavy atom. The quantitative estimate of drug-likeness (QED) is 0.877. The van der Waals surface area contributed by atoms with Crippen LogP contribution in [0.25, 0.3) is 0 Å². The fraction of sp³-hybridized carbons (Fsp3) is 0.647. The summed E-state index contributed by atoms with van der Waals surface area (Å²) in [6.07, 6.45) is 6.40. The van der Waals surface area contributed by atoms with Crippen LogP contribution in [0, 0.1) is 5.92 Å². The molecule has 6 rings (SSSR count). The van der Waals surface area contributed by atoms with E-state index in [0.29, 0.717) is 36.3 Å². The molecule has 1 aromatic rings. The predicted octanol–water partition coefficient (Wildman–Crippen LogP) is 1.63. The molecule has 130 valence electrons.